The van der Waals surface area contributed by atoms with E-state index in [1.54, 1.807) is 11.5 Å². The molecule has 2 aliphatic rings. The van der Waals surface area contributed by atoms with Gasteiger partial charge in [0.2, 0.25) is 5.91 Å². The summed E-state index contributed by atoms with van der Waals surface area (Å²) in [6.07, 6.45) is 1.07. The van der Waals surface area contributed by atoms with Crippen molar-refractivity contribution in [3.63, 3.8) is 0 Å². The molecule has 1 saturated heterocycles. The van der Waals surface area contributed by atoms with E-state index in [0.29, 0.717) is 6.54 Å². The van der Waals surface area contributed by atoms with Crippen molar-refractivity contribution in [3.8, 4) is 0 Å². The minimum absolute atomic E-state index is 0.203. The first-order valence-electron chi connectivity index (χ1n) is 13.0. The average molecular weight is 507 g/mol. The number of hydrogen-bond acceptors (Lipinski definition) is 7. The summed E-state index contributed by atoms with van der Waals surface area (Å²) < 4.78 is 6.01. The summed E-state index contributed by atoms with van der Waals surface area (Å²) in [6, 6.07) is 15.5. The van der Waals surface area contributed by atoms with Crippen LogP contribution in [0.4, 0.5) is 5.82 Å². The monoisotopic (exact) mass is 506 g/mol. The molecule has 192 valence electrons. The van der Waals surface area contributed by atoms with Crippen molar-refractivity contribution in [3.05, 3.63) is 59.2 Å². The van der Waals surface area contributed by atoms with Gasteiger partial charge in [-0.3, -0.25) is 14.6 Å². The van der Waals surface area contributed by atoms with Crippen LogP contribution in [0, 0.1) is 0 Å². The summed E-state index contributed by atoms with van der Waals surface area (Å²) in [5, 5.41) is 1.28. The Morgan fingerprint density at radius 2 is 1.72 bits per heavy atom. The molecule has 5 rings (SSSR count). The van der Waals surface area contributed by atoms with E-state index in [0.717, 1.165) is 71.1 Å². The third-order valence-corrected chi connectivity index (χ3v) is 8.29. The number of rotatable bonds is 9. The molecule has 0 bridgehead atoms. The molecule has 3 aromatic rings. The van der Waals surface area contributed by atoms with Gasteiger partial charge in [0.1, 0.15) is 5.82 Å². The second kappa shape index (κ2) is 11.3. The van der Waals surface area contributed by atoms with Crippen LogP contribution in [0.25, 0.3) is 10.1 Å². The molecule has 2 aromatic carbocycles. The second-order valence-electron chi connectivity index (χ2n) is 10.4. The minimum Gasteiger partial charge on any atom is -0.353 e. The number of hydrogen-bond donors (Lipinski definition) is 0. The number of nitrogens with zero attached hydrogens (tertiary/aromatic N) is 6. The van der Waals surface area contributed by atoms with Gasteiger partial charge in [-0.2, -0.15) is 4.37 Å². The Bertz CT molecular complexity index is 1190. The van der Waals surface area contributed by atoms with Gasteiger partial charge in [0.05, 0.1) is 11.2 Å². The molecule has 1 amide bonds. The first kappa shape index (κ1) is 25.1. The Balaban J connectivity index is 1.08. The van der Waals surface area contributed by atoms with Crippen molar-refractivity contribution in [1.82, 2.24) is 24.0 Å². The predicted molar refractivity (Wildman–Crippen MR) is 149 cm³/mol. The maximum Gasteiger partial charge on any atom is 0.236 e. The van der Waals surface area contributed by atoms with Gasteiger partial charge in [-0.15, -0.1) is 0 Å². The van der Waals surface area contributed by atoms with Gasteiger partial charge in [0, 0.05) is 71.3 Å². The third-order valence-electron chi connectivity index (χ3n) is 7.47. The molecule has 0 aliphatic carbocycles. The maximum atomic E-state index is 12.6. The topological polar surface area (TPSA) is 46.2 Å². The van der Waals surface area contributed by atoms with Gasteiger partial charge in [0.25, 0.3) is 0 Å². The number of aromatic nitrogens is 1. The third kappa shape index (κ3) is 5.89. The average Bonchev–Trinajstić information content (AvgIpc) is 3.49. The number of fused-ring (bicyclic) bond motifs is 2. The molecule has 1 aromatic heterocycles. The summed E-state index contributed by atoms with van der Waals surface area (Å²) in [5.41, 5.74) is 4.15. The summed E-state index contributed by atoms with van der Waals surface area (Å²) in [4.78, 5) is 23.9. The van der Waals surface area contributed by atoms with Gasteiger partial charge < -0.3 is 14.7 Å². The van der Waals surface area contributed by atoms with Crippen LogP contribution in [0.2, 0.25) is 0 Å². The van der Waals surface area contributed by atoms with Crippen LogP contribution in [0.3, 0.4) is 0 Å². The van der Waals surface area contributed by atoms with Crippen LogP contribution < -0.4 is 4.90 Å². The first-order valence-corrected chi connectivity index (χ1v) is 13.8. The molecular formula is C28H38N6OS. The lowest BCUT2D eigenvalue weighted by molar-refractivity contribution is -0.131. The van der Waals surface area contributed by atoms with Gasteiger partial charge >= 0.3 is 0 Å². The highest BCUT2D eigenvalue weighted by atomic mass is 32.1. The van der Waals surface area contributed by atoms with Crippen LogP contribution in [-0.2, 0) is 24.3 Å². The first-order chi connectivity index (χ1) is 17.5. The molecule has 0 N–H and O–H groups in total. The van der Waals surface area contributed by atoms with Crippen molar-refractivity contribution in [2.45, 2.75) is 19.5 Å². The molecule has 0 unspecified atom stereocenters. The number of likely N-dealkylation sites (N-methyl/N-ethyl adjacent to an activating group) is 2. The normalized spacial score (nSPS) is 16.7. The lowest BCUT2D eigenvalue weighted by atomic mass is 10.0. The van der Waals surface area contributed by atoms with Gasteiger partial charge in [-0.1, -0.05) is 30.3 Å². The molecule has 0 radical (unpaired) electrons. The highest BCUT2D eigenvalue weighted by Gasteiger charge is 2.23. The maximum absolute atomic E-state index is 12.6. The van der Waals surface area contributed by atoms with Crippen LogP contribution >= 0.6 is 11.5 Å². The minimum atomic E-state index is 0.203. The fraction of sp³-hybridized carbons (Fsp3) is 0.500. The molecule has 2 aliphatic heterocycles. The van der Waals surface area contributed by atoms with Crippen molar-refractivity contribution in [2.24, 2.45) is 0 Å². The van der Waals surface area contributed by atoms with E-state index in [4.69, 9.17) is 4.37 Å². The van der Waals surface area contributed by atoms with Crippen LogP contribution in [0.15, 0.2) is 42.5 Å². The standard InChI is InChI=1S/C28H38N6OS/c1-30(2)12-13-31(3)27(35)21-33-19-23-9-8-22(18-24(23)20-33)10-11-32-14-16-34(17-15-32)28-25-6-4-5-7-26(25)36-29-28/h4-9,18H,10-17,19-21H2,1-3H3. The zero-order chi connectivity index (χ0) is 25.1. The molecule has 0 atom stereocenters. The van der Waals surface area contributed by atoms with Crippen LogP contribution in [0.1, 0.15) is 16.7 Å². The molecule has 0 spiro atoms. The van der Waals surface area contributed by atoms with E-state index < -0.39 is 0 Å². The number of anilines is 1. The Labute approximate surface area is 219 Å². The lowest BCUT2D eigenvalue weighted by Gasteiger charge is -2.35. The fourth-order valence-corrected chi connectivity index (χ4v) is 5.94. The van der Waals surface area contributed by atoms with Crippen LogP contribution in [-0.4, -0.2) is 103 Å². The molecule has 8 heteroatoms. The summed E-state index contributed by atoms with van der Waals surface area (Å²) in [5.74, 6) is 1.36. The van der Waals surface area contributed by atoms with Crippen molar-refractivity contribution in [2.75, 3.05) is 78.4 Å². The second-order valence-corrected chi connectivity index (χ2v) is 11.3. The Morgan fingerprint density at radius 3 is 2.53 bits per heavy atom. The van der Waals surface area contributed by atoms with Crippen molar-refractivity contribution in [1.29, 1.82) is 0 Å². The molecule has 3 heterocycles. The Morgan fingerprint density at radius 1 is 0.944 bits per heavy atom. The number of amides is 1. The number of carbonyl (C=O) groups excluding carboxylic acids is 1. The summed E-state index contributed by atoms with van der Waals surface area (Å²) in [7, 11) is 5.99. The van der Waals surface area contributed by atoms with E-state index in [2.05, 4.69) is 62.1 Å². The van der Waals surface area contributed by atoms with Crippen molar-refractivity contribution < 1.29 is 4.79 Å². The van der Waals surface area contributed by atoms with E-state index in [-0.39, 0.29) is 5.91 Å². The number of carbonyl (C=O) groups is 1. The molecule has 36 heavy (non-hydrogen) atoms. The summed E-state index contributed by atoms with van der Waals surface area (Å²) in [6.45, 7) is 9.20. The zero-order valence-corrected chi connectivity index (χ0v) is 22.6. The Kier molecular flexibility index (Phi) is 7.86. The molecule has 1 fully saturated rings. The molecular weight excluding hydrogens is 468 g/mol. The van der Waals surface area contributed by atoms with Crippen LogP contribution in [0.5, 0.6) is 0 Å². The fourth-order valence-electron chi connectivity index (χ4n) is 5.14. The Hall–Kier alpha value is -2.52. The molecule has 7 nitrogen and oxygen atoms in total. The van der Waals surface area contributed by atoms with E-state index in [1.165, 1.54) is 26.8 Å². The smallest absolute Gasteiger partial charge is 0.236 e. The van der Waals surface area contributed by atoms with E-state index >= 15 is 0 Å². The van der Waals surface area contributed by atoms with Gasteiger partial charge in [-0.25, -0.2) is 0 Å². The highest BCUT2D eigenvalue weighted by Crippen LogP contribution is 2.30. The van der Waals surface area contributed by atoms with Gasteiger partial charge in [-0.05, 0) is 60.9 Å². The summed E-state index contributed by atoms with van der Waals surface area (Å²) >= 11 is 1.60. The quantitative estimate of drug-likeness (QED) is 0.445. The molecule has 0 saturated carbocycles. The van der Waals surface area contributed by atoms with Crippen molar-refractivity contribution >= 4 is 33.3 Å². The number of piperazine rings is 1. The zero-order valence-electron chi connectivity index (χ0n) is 21.8. The largest absolute Gasteiger partial charge is 0.353 e. The highest BCUT2D eigenvalue weighted by molar-refractivity contribution is 7.13. The SMILES string of the molecule is CN(C)CCN(C)C(=O)CN1Cc2ccc(CCN3CCN(c4nsc5ccccc45)CC3)cc2C1. The lowest BCUT2D eigenvalue weighted by Crippen LogP contribution is -2.47. The van der Waals surface area contributed by atoms with E-state index in [9.17, 15) is 4.79 Å². The van der Waals surface area contributed by atoms with E-state index in [1.807, 2.05) is 26.0 Å². The van der Waals surface area contributed by atoms with Gasteiger partial charge in [0.15, 0.2) is 0 Å². The predicted octanol–water partition coefficient (Wildman–Crippen LogP) is 3.00. The number of benzene rings is 2.